The molecule has 0 radical (unpaired) electrons. The van der Waals surface area contributed by atoms with Gasteiger partial charge in [0.1, 0.15) is 11.2 Å². The lowest BCUT2D eigenvalue weighted by Crippen LogP contribution is -2.19. The van der Waals surface area contributed by atoms with Crippen LogP contribution in [0.2, 0.25) is 0 Å². The Morgan fingerprint density at radius 1 is 1.11 bits per heavy atom. The second-order valence-electron chi connectivity index (χ2n) is 4.19. The van der Waals surface area contributed by atoms with Crippen LogP contribution in [-0.2, 0) is 0 Å². The van der Waals surface area contributed by atoms with E-state index in [0.717, 1.165) is 16.3 Å². The number of carbonyl (C=O) groups excluding carboxylic acids is 1. The average Bonchev–Trinajstić information content (AvgIpc) is 2.46. The summed E-state index contributed by atoms with van der Waals surface area (Å²) in [6.07, 6.45) is 0. The molecule has 0 fully saturated rings. The summed E-state index contributed by atoms with van der Waals surface area (Å²) >= 11 is 0. The highest BCUT2D eigenvalue weighted by Crippen LogP contribution is 2.26. The molecule has 0 aliphatic carbocycles. The molecule has 3 aromatic rings. The summed E-state index contributed by atoms with van der Waals surface area (Å²) in [5, 5.41) is 4.41. The maximum absolute atomic E-state index is 11.6. The Morgan fingerprint density at radius 3 is 2.68 bits per heavy atom. The van der Waals surface area contributed by atoms with Crippen molar-refractivity contribution in [1.29, 1.82) is 0 Å². The molecule has 2 heterocycles. The van der Waals surface area contributed by atoms with Crippen molar-refractivity contribution in [2.45, 2.75) is 0 Å². The maximum Gasteiger partial charge on any atom is 0.269 e. The minimum absolute atomic E-state index is 0.241. The number of para-hydroxylation sites is 1. The van der Waals surface area contributed by atoms with Crippen LogP contribution in [0.5, 0.6) is 0 Å². The van der Waals surface area contributed by atoms with E-state index in [9.17, 15) is 4.79 Å². The quantitative estimate of drug-likeness (QED) is 0.646. The molecule has 0 aliphatic rings. The molecule has 3 N–H and O–H groups in total. The van der Waals surface area contributed by atoms with Crippen molar-refractivity contribution in [2.24, 2.45) is 0 Å². The standard InChI is InChI=1S/C14H12N4O/c1-16-14(19)11-7-6-9-8-4-2-3-5-10(8)18-13(15)12(9)17-11/h2-7H,1H3,(H2,15,18)(H,16,19). The van der Waals surface area contributed by atoms with Crippen molar-refractivity contribution in [1.82, 2.24) is 15.3 Å². The molecular weight excluding hydrogens is 240 g/mol. The van der Waals surface area contributed by atoms with Crippen LogP contribution in [0.1, 0.15) is 10.5 Å². The number of amides is 1. The van der Waals surface area contributed by atoms with Crippen molar-refractivity contribution in [3.63, 3.8) is 0 Å². The monoisotopic (exact) mass is 252 g/mol. The number of benzene rings is 1. The zero-order valence-corrected chi connectivity index (χ0v) is 10.3. The number of nitrogens with two attached hydrogens (primary N) is 1. The van der Waals surface area contributed by atoms with Gasteiger partial charge in [-0.05, 0) is 18.2 Å². The van der Waals surface area contributed by atoms with Crippen LogP contribution < -0.4 is 11.1 Å². The predicted octanol–water partition coefficient (Wildman–Crippen LogP) is 1.72. The number of pyridine rings is 2. The van der Waals surface area contributed by atoms with Gasteiger partial charge in [-0.2, -0.15) is 0 Å². The average molecular weight is 252 g/mol. The maximum atomic E-state index is 11.6. The third kappa shape index (κ3) is 1.76. The molecule has 2 aromatic heterocycles. The van der Waals surface area contributed by atoms with Gasteiger partial charge in [0.2, 0.25) is 0 Å². The highest BCUT2D eigenvalue weighted by molar-refractivity contribution is 6.09. The highest BCUT2D eigenvalue weighted by Gasteiger charge is 2.11. The van der Waals surface area contributed by atoms with Crippen LogP contribution in [0, 0.1) is 0 Å². The van der Waals surface area contributed by atoms with Gasteiger partial charge >= 0.3 is 0 Å². The lowest BCUT2D eigenvalue weighted by atomic mass is 10.1. The molecule has 0 unspecified atom stereocenters. The Bertz CT molecular complexity index is 798. The van der Waals surface area contributed by atoms with E-state index in [1.807, 2.05) is 30.3 Å². The Balaban J connectivity index is 2.38. The topological polar surface area (TPSA) is 80.9 Å². The van der Waals surface area contributed by atoms with Crippen LogP contribution in [0.25, 0.3) is 21.8 Å². The first-order valence-corrected chi connectivity index (χ1v) is 5.88. The first-order chi connectivity index (χ1) is 9.20. The van der Waals surface area contributed by atoms with E-state index >= 15 is 0 Å². The number of anilines is 1. The lowest BCUT2D eigenvalue weighted by molar-refractivity contribution is 0.0958. The Labute approximate surface area is 109 Å². The molecule has 0 bridgehead atoms. The van der Waals surface area contributed by atoms with E-state index in [-0.39, 0.29) is 5.91 Å². The molecule has 1 aromatic carbocycles. The second kappa shape index (κ2) is 4.20. The molecule has 0 saturated heterocycles. The molecule has 0 spiro atoms. The first kappa shape index (κ1) is 11.4. The molecular formula is C14H12N4O. The molecule has 0 aliphatic heterocycles. The summed E-state index contributed by atoms with van der Waals surface area (Å²) in [6, 6.07) is 11.3. The number of carbonyl (C=O) groups is 1. The van der Waals surface area contributed by atoms with E-state index < -0.39 is 0 Å². The zero-order chi connectivity index (χ0) is 13.4. The van der Waals surface area contributed by atoms with Crippen molar-refractivity contribution in [2.75, 3.05) is 12.8 Å². The number of hydrogen-bond donors (Lipinski definition) is 2. The van der Waals surface area contributed by atoms with E-state index in [1.165, 1.54) is 0 Å². The smallest absolute Gasteiger partial charge is 0.269 e. The third-order valence-electron chi connectivity index (χ3n) is 3.03. The second-order valence-corrected chi connectivity index (χ2v) is 4.19. The summed E-state index contributed by atoms with van der Waals surface area (Å²) in [5.74, 6) is 0.0916. The number of rotatable bonds is 1. The van der Waals surface area contributed by atoms with Gasteiger partial charge in [0, 0.05) is 17.8 Å². The fraction of sp³-hybridized carbons (Fsp3) is 0.0714. The van der Waals surface area contributed by atoms with E-state index in [2.05, 4.69) is 15.3 Å². The van der Waals surface area contributed by atoms with E-state index in [4.69, 9.17) is 5.73 Å². The van der Waals surface area contributed by atoms with Gasteiger partial charge in [0.25, 0.3) is 5.91 Å². The van der Waals surface area contributed by atoms with E-state index in [0.29, 0.717) is 17.0 Å². The van der Waals surface area contributed by atoms with Gasteiger partial charge in [-0.25, -0.2) is 9.97 Å². The Kier molecular flexibility index (Phi) is 2.52. The third-order valence-corrected chi connectivity index (χ3v) is 3.03. The number of nitrogen functional groups attached to an aromatic ring is 1. The number of aromatic nitrogens is 2. The van der Waals surface area contributed by atoms with E-state index in [1.54, 1.807) is 13.1 Å². The number of fused-ring (bicyclic) bond motifs is 3. The molecule has 5 nitrogen and oxygen atoms in total. The zero-order valence-electron chi connectivity index (χ0n) is 10.3. The molecule has 1 amide bonds. The Morgan fingerprint density at radius 2 is 1.89 bits per heavy atom. The van der Waals surface area contributed by atoms with Crippen molar-refractivity contribution in [3.05, 3.63) is 42.1 Å². The van der Waals surface area contributed by atoms with Crippen molar-refractivity contribution in [3.8, 4) is 0 Å². The SMILES string of the molecule is CNC(=O)c1ccc2c(n1)c(N)nc1ccccc12. The van der Waals surface area contributed by atoms with Crippen molar-refractivity contribution < 1.29 is 4.79 Å². The number of nitrogens with zero attached hydrogens (tertiary/aromatic N) is 2. The van der Waals surface area contributed by atoms with Crippen LogP contribution in [-0.4, -0.2) is 22.9 Å². The van der Waals surface area contributed by atoms with Gasteiger partial charge in [0.15, 0.2) is 5.82 Å². The fourth-order valence-corrected chi connectivity index (χ4v) is 2.11. The summed E-state index contributed by atoms with van der Waals surface area (Å²) in [4.78, 5) is 20.2. The molecule has 94 valence electrons. The van der Waals surface area contributed by atoms with Gasteiger partial charge in [-0.1, -0.05) is 18.2 Å². The molecule has 19 heavy (non-hydrogen) atoms. The van der Waals surface area contributed by atoms with Gasteiger partial charge in [-0.15, -0.1) is 0 Å². The van der Waals surface area contributed by atoms with Gasteiger partial charge in [-0.3, -0.25) is 4.79 Å². The summed E-state index contributed by atoms with van der Waals surface area (Å²) in [6.45, 7) is 0. The van der Waals surface area contributed by atoms with Gasteiger partial charge < -0.3 is 11.1 Å². The van der Waals surface area contributed by atoms with Crippen LogP contribution >= 0.6 is 0 Å². The fourth-order valence-electron chi connectivity index (χ4n) is 2.11. The minimum atomic E-state index is -0.241. The van der Waals surface area contributed by atoms with Crippen molar-refractivity contribution >= 4 is 33.5 Å². The molecule has 0 atom stereocenters. The largest absolute Gasteiger partial charge is 0.382 e. The molecule has 0 saturated carbocycles. The summed E-state index contributed by atoms with van der Waals surface area (Å²) in [5.41, 5.74) is 7.64. The highest BCUT2D eigenvalue weighted by atomic mass is 16.1. The lowest BCUT2D eigenvalue weighted by Gasteiger charge is -2.07. The first-order valence-electron chi connectivity index (χ1n) is 5.88. The molecule has 3 rings (SSSR count). The van der Waals surface area contributed by atoms with Crippen LogP contribution in [0.3, 0.4) is 0 Å². The normalized spacial score (nSPS) is 10.8. The summed E-state index contributed by atoms with van der Waals surface area (Å²) < 4.78 is 0. The predicted molar refractivity (Wildman–Crippen MR) is 74.8 cm³/mol. The van der Waals surface area contributed by atoms with Crippen LogP contribution in [0.15, 0.2) is 36.4 Å². The number of hydrogen-bond acceptors (Lipinski definition) is 4. The Hall–Kier alpha value is -2.69. The van der Waals surface area contributed by atoms with Gasteiger partial charge in [0.05, 0.1) is 5.52 Å². The minimum Gasteiger partial charge on any atom is -0.382 e. The molecule has 5 heteroatoms. The van der Waals surface area contributed by atoms with Crippen LogP contribution in [0.4, 0.5) is 5.82 Å². The number of nitrogens with one attached hydrogen (secondary N) is 1. The summed E-state index contributed by atoms with van der Waals surface area (Å²) in [7, 11) is 1.57.